The van der Waals surface area contributed by atoms with Crippen LogP contribution in [0.1, 0.15) is 52.0 Å². The van der Waals surface area contributed by atoms with Crippen molar-refractivity contribution in [2.24, 2.45) is 0 Å². The molecular formula is C33H30N6O2S. The van der Waals surface area contributed by atoms with Gasteiger partial charge in [-0.25, -0.2) is 4.98 Å². The smallest absolute Gasteiger partial charge is 0.261 e. The van der Waals surface area contributed by atoms with Crippen molar-refractivity contribution in [1.82, 2.24) is 19.9 Å². The van der Waals surface area contributed by atoms with E-state index in [2.05, 4.69) is 21.4 Å². The number of nitrogens with zero attached hydrogens (tertiary/aromatic N) is 5. The Balaban J connectivity index is 1.29. The van der Waals surface area contributed by atoms with Gasteiger partial charge < -0.3 is 14.8 Å². The number of benzene rings is 2. The predicted molar refractivity (Wildman–Crippen MR) is 164 cm³/mol. The molecule has 3 aromatic heterocycles. The zero-order valence-electron chi connectivity index (χ0n) is 23.2. The summed E-state index contributed by atoms with van der Waals surface area (Å²) in [7, 11) is 0. The van der Waals surface area contributed by atoms with Crippen LogP contribution in [0.5, 0.6) is 0 Å². The Bertz CT molecular complexity index is 1690. The predicted octanol–water partition coefficient (Wildman–Crippen LogP) is 6.19. The van der Waals surface area contributed by atoms with Crippen molar-refractivity contribution in [2.45, 2.75) is 39.4 Å². The van der Waals surface area contributed by atoms with Crippen LogP contribution in [0, 0.1) is 11.3 Å². The van der Waals surface area contributed by atoms with Crippen LogP contribution in [0.3, 0.4) is 0 Å². The van der Waals surface area contributed by atoms with Gasteiger partial charge in [0.1, 0.15) is 0 Å². The number of carbonyl (C=O) groups is 2. The van der Waals surface area contributed by atoms with Gasteiger partial charge in [-0.15, -0.1) is 11.3 Å². The van der Waals surface area contributed by atoms with E-state index in [4.69, 9.17) is 5.26 Å². The molecular weight excluding hydrogens is 544 g/mol. The number of anilines is 1. The zero-order valence-corrected chi connectivity index (χ0v) is 24.1. The lowest BCUT2D eigenvalue weighted by molar-refractivity contribution is -0.118. The Labute approximate surface area is 248 Å². The number of amides is 2. The molecule has 0 aliphatic rings. The SMILES string of the molecule is CCCC(=O)N(Cc1cncn1Cc1ccc(C#N)cc1)c1ccc(-c2ccc(C(=O)NCc3ccccn3)s2)cc1. The van der Waals surface area contributed by atoms with Gasteiger partial charge in [-0.1, -0.05) is 37.3 Å². The van der Waals surface area contributed by atoms with Gasteiger partial charge in [0.25, 0.3) is 5.91 Å². The summed E-state index contributed by atoms with van der Waals surface area (Å²) >= 11 is 1.42. The quantitative estimate of drug-likeness (QED) is 0.203. The van der Waals surface area contributed by atoms with Crippen LogP contribution in [-0.4, -0.2) is 26.3 Å². The molecule has 0 aliphatic heterocycles. The normalized spacial score (nSPS) is 10.7. The highest BCUT2D eigenvalue weighted by molar-refractivity contribution is 7.17. The second-order valence-corrected chi connectivity index (χ2v) is 10.8. The van der Waals surface area contributed by atoms with Crippen molar-refractivity contribution in [3.05, 3.63) is 125 Å². The lowest BCUT2D eigenvalue weighted by atomic mass is 10.1. The third-order valence-electron chi connectivity index (χ3n) is 6.77. The number of rotatable bonds is 11. The number of nitriles is 1. The minimum atomic E-state index is -0.137. The number of aromatic nitrogens is 3. The summed E-state index contributed by atoms with van der Waals surface area (Å²) in [6, 6.07) is 26.9. The highest BCUT2D eigenvalue weighted by Gasteiger charge is 2.18. The number of hydrogen-bond donors (Lipinski definition) is 1. The summed E-state index contributed by atoms with van der Waals surface area (Å²) in [6.45, 7) is 3.34. The van der Waals surface area contributed by atoms with Crippen LogP contribution in [0.4, 0.5) is 5.69 Å². The van der Waals surface area contributed by atoms with E-state index in [1.165, 1.54) is 11.3 Å². The molecule has 2 amide bonds. The topological polar surface area (TPSA) is 104 Å². The summed E-state index contributed by atoms with van der Waals surface area (Å²) < 4.78 is 2.02. The minimum Gasteiger partial charge on any atom is -0.346 e. The van der Waals surface area contributed by atoms with Gasteiger partial charge in [0.2, 0.25) is 5.91 Å². The monoisotopic (exact) mass is 574 g/mol. The zero-order chi connectivity index (χ0) is 29.3. The van der Waals surface area contributed by atoms with Crippen LogP contribution >= 0.6 is 11.3 Å². The molecule has 0 radical (unpaired) electrons. The van der Waals surface area contributed by atoms with Gasteiger partial charge in [0.05, 0.1) is 47.3 Å². The first-order chi connectivity index (χ1) is 20.5. The summed E-state index contributed by atoms with van der Waals surface area (Å²) in [6.07, 6.45) is 6.44. The molecule has 0 saturated heterocycles. The molecule has 0 atom stereocenters. The maximum atomic E-state index is 13.2. The number of thiophene rings is 1. The molecule has 8 nitrogen and oxygen atoms in total. The molecule has 9 heteroatoms. The molecule has 5 rings (SSSR count). The molecule has 0 bridgehead atoms. The molecule has 0 saturated carbocycles. The van der Waals surface area contributed by atoms with E-state index in [-0.39, 0.29) is 11.8 Å². The average Bonchev–Trinajstić information content (AvgIpc) is 3.70. The van der Waals surface area contributed by atoms with E-state index in [9.17, 15) is 9.59 Å². The maximum Gasteiger partial charge on any atom is 0.261 e. The van der Waals surface area contributed by atoms with Crippen LogP contribution in [0.15, 0.2) is 97.6 Å². The first-order valence-corrected chi connectivity index (χ1v) is 14.5. The number of imidazole rings is 1. The van der Waals surface area contributed by atoms with E-state index >= 15 is 0 Å². The van der Waals surface area contributed by atoms with Gasteiger partial charge in [-0.05, 0) is 66.1 Å². The molecule has 42 heavy (non-hydrogen) atoms. The number of pyridine rings is 1. The second-order valence-electron chi connectivity index (χ2n) is 9.77. The molecule has 1 N–H and O–H groups in total. The van der Waals surface area contributed by atoms with E-state index < -0.39 is 0 Å². The maximum absolute atomic E-state index is 13.2. The fourth-order valence-electron chi connectivity index (χ4n) is 4.52. The fourth-order valence-corrected chi connectivity index (χ4v) is 5.45. The number of hydrogen-bond acceptors (Lipinski definition) is 6. The lowest BCUT2D eigenvalue weighted by Crippen LogP contribution is -2.31. The summed E-state index contributed by atoms with van der Waals surface area (Å²) in [5.74, 6) is -0.0955. The van der Waals surface area contributed by atoms with E-state index in [0.29, 0.717) is 36.5 Å². The van der Waals surface area contributed by atoms with Crippen molar-refractivity contribution in [2.75, 3.05) is 4.90 Å². The van der Waals surface area contributed by atoms with Gasteiger partial charge in [0.15, 0.2) is 0 Å². The van der Waals surface area contributed by atoms with Gasteiger partial charge in [-0.3, -0.25) is 14.6 Å². The second kappa shape index (κ2) is 13.5. The van der Waals surface area contributed by atoms with Gasteiger partial charge in [0, 0.05) is 35.9 Å². The average molecular weight is 575 g/mol. The van der Waals surface area contributed by atoms with Crippen LogP contribution in [0.25, 0.3) is 10.4 Å². The lowest BCUT2D eigenvalue weighted by Gasteiger charge is -2.24. The first kappa shape index (κ1) is 28.5. The number of carbonyl (C=O) groups excluding carboxylic acids is 2. The Morgan fingerprint density at radius 3 is 2.55 bits per heavy atom. The molecule has 5 aromatic rings. The molecule has 2 aromatic carbocycles. The van der Waals surface area contributed by atoms with E-state index in [1.807, 2.05) is 78.2 Å². The van der Waals surface area contributed by atoms with Crippen molar-refractivity contribution in [3.8, 4) is 16.5 Å². The Kier molecular flexibility index (Phi) is 9.17. The van der Waals surface area contributed by atoms with Crippen molar-refractivity contribution < 1.29 is 9.59 Å². The first-order valence-electron chi connectivity index (χ1n) is 13.7. The highest BCUT2D eigenvalue weighted by Crippen LogP contribution is 2.30. The van der Waals surface area contributed by atoms with E-state index in [0.717, 1.165) is 39.5 Å². The highest BCUT2D eigenvalue weighted by atomic mass is 32.1. The molecule has 0 unspecified atom stereocenters. The third kappa shape index (κ3) is 6.97. The summed E-state index contributed by atoms with van der Waals surface area (Å²) in [5.41, 5.74) is 5.15. The largest absolute Gasteiger partial charge is 0.346 e. The van der Waals surface area contributed by atoms with Crippen molar-refractivity contribution >= 4 is 28.8 Å². The minimum absolute atomic E-state index is 0.0411. The van der Waals surface area contributed by atoms with Crippen LogP contribution in [0.2, 0.25) is 0 Å². The van der Waals surface area contributed by atoms with Crippen molar-refractivity contribution in [3.63, 3.8) is 0 Å². The van der Waals surface area contributed by atoms with Gasteiger partial charge >= 0.3 is 0 Å². The molecule has 0 aliphatic carbocycles. The standard InChI is InChI=1S/C33H30N6O2S/c1-2-5-32(40)39(22-29-20-35-23-38(29)21-25-9-7-24(18-34)8-10-25)28-13-11-26(12-14-28)30-15-16-31(42-30)33(41)37-19-27-6-3-4-17-36-27/h3-4,6-17,20,23H,2,5,19,21-22H2,1H3,(H,37,41). The van der Waals surface area contributed by atoms with Crippen LogP contribution < -0.4 is 10.2 Å². The van der Waals surface area contributed by atoms with Crippen molar-refractivity contribution in [1.29, 1.82) is 5.26 Å². The Morgan fingerprint density at radius 2 is 1.83 bits per heavy atom. The molecule has 210 valence electrons. The summed E-state index contributed by atoms with van der Waals surface area (Å²) in [5, 5.41) is 12.0. The van der Waals surface area contributed by atoms with Gasteiger partial charge in [-0.2, -0.15) is 5.26 Å². The fraction of sp³-hybridized carbons (Fsp3) is 0.182. The molecule has 3 heterocycles. The Morgan fingerprint density at radius 1 is 1.02 bits per heavy atom. The Hall–Kier alpha value is -5.07. The van der Waals surface area contributed by atoms with E-state index in [1.54, 1.807) is 35.8 Å². The molecule has 0 spiro atoms. The molecule has 0 fully saturated rings. The third-order valence-corrected chi connectivity index (χ3v) is 7.90. The summed E-state index contributed by atoms with van der Waals surface area (Å²) in [4.78, 5) is 37.9. The number of nitrogens with one attached hydrogen (secondary N) is 1. The van der Waals surface area contributed by atoms with Crippen LogP contribution in [-0.2, 0) is 24.4 Å².